The molecule has 238 valence electrons. The van der Waals surface area contributed by atoms with Crippen molar-refractivity contribution in [1.82, 2.24) is 0 Å². The second-order valence-electron chi connectivity index (χ2n) is 10.2. The lowest BCUT2D eigenvalue weighted by Gasteiger charge is -2.09. The number of nitrogens with two attached hydrogens (primary N) is 1. The molecule has 44 heavy (non-hydrogen) atoms. The van der Waals surface area contributed by atoms with Crippen LogP contribution in [0.4, 0.5) is 31.5 Å². The zero-order chi connectivity index (χ0) is 33.4. The maximum Gasteiger partial charge on any atom is 0.221 e. The number of halogens is 2. The Bertz CT molecular complexity index is 1440. The molecule has 0 fully saturated rings. The van der Waals surface area contributed by atoms with E-state index >= 15 is 0 Å². The first-order chi connectivity index (χ1) is 20.8. The minimum Gasteiger partial charge on any atom is -0.495 e. The summed E-state index contributed by atoms with van der Waals surface area (Å²) in [6, 6.07) is 20.3. The van der Waals surface area contributed by atoms with E-state index in [-0.39, 0.29) is 18.2 Å². The lowest BCUT2D eigenvalue weighted by Crippen LogP contribution is -2.05. The molecule has 0 aliphatic carbocycles. The highest BCUT2D eigenvalue weighted by molar-refractivity contribution is 5.88. The van der Waals surface area contributed by atoms with Crippen LogP contribution < -0.4 is 26.4 Å². The molecule has 0 spiro atoms. The SMILES string of the molecule is CC(=O)Nc1ccc(C)cc1.CNc1c(F)cc(C)cc1F.CNc1ccc(C)cc1C.COc1cc(C)cc(CO)c1N. The topological polar surface area (TPSA) is 109 Å². The minimum atomic E-state index is -0.551. The standard InChI is InChI=1S/C9H13NO2.C9H11NO.C9H13N.C8H9F2N/c1-6-3-7(5-11)9(10)8(4-6)12-2;1-7-3-5-9(6-4-7)10-8(2)11;1-7-4-5-9(10-3)8(2)6-7;1-5-3-6(9)8(11-2)7(10)4-5/h3-4,11H,5,10H2,1-2H3;3-6H,1-2H3,(H,10,11);4-6,10H,1-3H3;3-4,11H,1-2H3. The number of aliphatic hydroxyl groups is 1. The van der Waals surface area contributed by atoms with Crippen LogP contribution in [0.1, 0.15) is 40.3 Å². The smallest absolute Gasteiger partial charge is 0.221 e. The number of aliphatic hydroxyl groups excluding tert-OH is 1. The van der Waals surface area contributed by atoms with Gasteiger partial charge in [-0.3, -0.25) is 4.79 Å². The molecule has 0 atom stereocenters. The molecule has 4 aromatic rings. The third kappa shape index (κ3) is 12.7. The van der Waals surface area contributed by atoms with Gasteiger partial charge in [-0.05, 0) is 87.7 Å². The second-order valence-corrected chi connectivity index (χ2v) is 10.2. The van der Waals surface area contributed by atoms with Gasteiger partial charge in [0.05, 0.1) is 19.4 Å². The van der Waals surface area contributed by atoms with Crippen molar-refractivity contribution in [1.29, 1.82) is 0 Å². The Morgan fingerprint density at radius 2 is 1.34 bits per heavy atom. The number of anilines is 4. The van der Waals surface area contributed by atoms with Crippen molar-refractivity contribution < 1.29 is 23.4 Å². The third-order valence-electron chi connectivity index (χ3n) is 6.22. The van der Waals surface area contributed by atoms with Gasteiger partial charge in [0.1, 0.15) is 23.1 Å². The first-order valence-corrected chi connectivity index (χ1v) is 14.0. The summed E-state index contributed by atoms with van der Waals surface area (Å²) in [6.45, 7) is 11.2. The number of amides is 1. The summed E-state index contributed by atoms with van der Waals surface area (Å²) in [4.78, 5) is 10.6. The van der Waals surface area contributed by atoms with Crippen molar-refractivity contribution in [2.24, 2.45) is 0 Å². The van der Waals surface area contributed by atoms with Crippen LogP contribution in [0.2, 0.25) is 0 Å². The highest BCUT2D eigenvalue weighted by Gasteiger charge is 2.07. The third-order valence-corrected chi connectivity index (χ3v) is 6.22. The van der Waals surface area contributed by atoms with Crippen LogP contribution in [-0.4, -0.2) is 32.2 Å². The van der Waals surface area contributed by atoms with Gasteiger partial charge in [-0.2, -0.15) is 0 Å². The summed E-state index contributed by atoms with van der Waals surface area (Å²) in [7, 11) is 4.99. The summed E-state index contributed by atoms with van der Waals surface area (Å²) in [5, 5.41) is 17.2. The number of methoxy groups -OCH3 is 1. The van der Waals surface area contributed by atoms with E-state index in [1.807, 2.05) is 57.3 Å². The van der Waals surface area contributed by atoms with Crippen molar-refractivity contribution in [2.75, 3.05) is 42.9 Å². The van der Waals surface area contributed by atoms with Crippen molar-refractivity contribution in [3.05, 3.63) is 112 Å². The van der Waals surface area contributed by atoms with Gasteiger partial charge in [-0.1, -0.05) is 41.5 Å². The van der Waals surface area contributed by atoms with Gasteiger partial charge in [0.25, 0.3) is 0 Å². The van der Waals surface area contributed by atoms with E-state index in [0.717, 1.165) is 11.3 Å². The van der Waals surface area contributed by atoms with Crippen molar-refractivity contribution in [3.63, 3.8) is 0 Å². The Morgan fingerprint density at radius 3 is 1.80 bits per heavy atom. The van der Waals surface area contributed by atoms with Gasteiger partial charge < -0.3 is 31.5 Å². The molecule has 1 amide bonds. The van der Waals surface area contributed by atoms with Crippen LogP contribution in [0, 0.1) is 46.3 Å². The summed E-state index contributed by atoms with van der Waals surface area (Å²) < 4.78 is 30.7. The van der Waals surface area contributed by atoms with Crippen molar-refractivity contribution in [2.45, 2.75) is 48.1 Å². The van der Waals surface area contributed by atoms with Crippen molar-refractivity contribution in [3.8, 4) is 5.75 Å². The van der Waals surface area contributed by atoms with E-state index in [9.17, 15) is 13.6 Å². The van der Waals surface area contributed by atoms with Gasteiger partial charge in [0.2, 0.25) is 5.91 Å². The zero-order valence-electron chi connectivity index (χ0n) is 27.2. The number of carbonyl (C=O) groups excluding carboxylic acids is 1. The first-order valence-electron chi connectivity index (χ1n) is 14.0. The first kappa shape index (κ1) is 37.4. The lowest BCUT2D eigenvalue weighted by atomic mass is 10.1. The predicted octanol–water partition coefficient (Wildman–Crippen LogP) is 7.69. The largest absolute Gasteiger partial charge is 0.495 e. The zero-order valence-corrected chi connectivity index (χ0v) is 27.2. The molecule has 0 bridgehead atoms. The molecule has 0 saturated heterocycles. The van der Waals surface area contributed by atoms with Crippen LogP contribution in [0.15, 0.2) is 66.7 Å². The molecule has 4 aromatic carbocycles. The molecule has 7 nitrogen and oxygen atoms in total. The molecule has 0 aliphatic heterocycles. The highest BCUT2D eigenvalue weighted by Crippen LogP contribution is 2.26. The molecular formula is C35H46F2N4O3. The van der Waals surface area contributed by atoms with Crippen LogP contribution in [-0.2, 0) is 11.4 Å². The Balaban J connectivity index is 0.000000294. The summed E-state index contributed by atoms with van der Waals surface area (Å²) in [6.07, 6.45) is 0. The van der Waals surface area contributed by atoms with E-state index in [1.165, 1.54) is 48.5 Å². The molecule has 9 heteroatoms. The number of benzene rings is 4. The number of rotatable bonds is 5. The Labute approximate surface area is 260 Å². The van der Waals surface area contributed by atoms with Crippen LogP contribution in [0.5, 0.6) is 5.75 Å². The van der Waals surface area contributed by atoms with Gasteiger partial charge in [-0.25, -0.2) is 8.78 Å². The van der Waals surface area contributed by atoms with E-state index < -0.39 is 11.6 Å². The van der Waals surface area contributed by atoms with E-state index in [1.54, 1.807) is 14.0 Å². The van der Waals surface area contributed by atoms with Gasteiger partial charge in [-0.15, -0.1) is 0 Å². The van der Waals surface area contributed by atoms with E-state index in [2.05, 4.69) is 48.0 Å². The second kappa shape index (κ2) is 18.8. The maximum absolute atomic E-state index is 12.8. The molecule has 6 N–H and O–H groups in total. The number of hydrogen-bond donors (Lipinski definition) is 5. The molecule has 4 rings (SSSR count). The fourth-order valence-electron chi connectivity index (χ4n) is 4.01. The normalized spacial score (nSPS) is 9.64. The fraction of sp³-hybridized carbons (Fsp3) is 0.286. The fourth-order valence-corrected chi connectivity index (χ4v) is 4.01. The number of nitrogen functional groups attached to an aromatic ring is 1. The summed E-state index contributed by atoms with van der Waals surface area (Å²) in [5.41, 5.74) is 14.3. The number of carbonyl (C=O) groups is 1. The van der Waals surface area contributed by atoms with Gasteiger partial charge in [0, 0.05) is 38.0 Å². The lowest BCUT2D eigenvalue weighted by molar-refractivity contribution is -0.114. The summed E-state index contributed by atoms with van der Waals surface area (Å²) in [5.74, 6) is -0.511. The molecule has 0 aromatic heterocycles. The number of hydrogen-bond acceptors (Lipinski definition) is 6. The van der Waals surface area contributed by atoms with Gasteiger partial charge >= 0.3 is 0 Å². The molecule has 0 heterocycles. The minimum absolute atomic E-state index is 0.0335. The predicted molar refractivity (Wildman–Crippen MR) is 180 cm³/mol. The van der Waals surface area contributed by atoms with E-state index in [0.29, 0.717) is 22.6 Å². The Hall–Kier alpha value is -4.63. The molecule has 0 aliphatic rings. The average Bonchev–Trinajstić information content (AvgIpc) is 2.96. The Kier molecular flexibility index (Phi) is 16.0. The molecule has 0 unspecified atom stereocenters. The van der Waals surface area contributed by atoms with Crippen LogP contribution >= 0.6 is 0 Å². The van der Waals surface area contributed by atoms with Crippen LogP contribution in [0.3, 0.4) is 0 Å². The maximum atomic E-state index is 12.8. The summed E-state index contributed by atoms with van der Waals surface area (Å²) >= 11 is 0. The molecule has 0 radical (unpaired) electrons. The molecule has 0 saturated carbocycles. The molecular weight excluding hydrogens is 562 g/mol. The van der Waals surface area contributed by atoms with E-state index in [4.69, 9.17) is 15.6 Å². The highest BCUT2D eigenvalue weighted by atomic mass is 19.1. The quantitative estimate of drug-likeness (QED) is 0.149. The van der Waals surface area contributed by atoms with Gasteiger partial charge in [0.15, 0.2) is 0 Å². The monoisotopic (exact) mass is 608 g/mol. The average molecular weight is 609 g/mol. The number of ether oxygens (including phenoxy) is 1. The van der Waals surface area contributed by atoms with Crippen molar-refractivity contribution >= 4 is 28.7 Å². The number of nitrogens with one attached hydrogen (secondary N) is 3. The number of aryl methyl sites for hydroxylation is 5. The van der Waals surface area contributed by atoms with Crippen LogP contribution in [0.25, 0.3) is 0 Å². The Morgan fingerprint density at radius 1 is 0.795 bits per heavy atom.